The standard InChI is InChI=1S/C19H18N2O2S/c22-12-11-21(14-15-7-3-1-4-8-15)19(23)17-13-20-18(24-17)16-9-5-2-6-10-16/h1-10,13,22H,11-12,14H2. The van der Waals surface area contributed by atoms with Crippen LogP contribution in [0.2, 0.25) is 0 Å². The van der Waals surface area contributed by atoms with Crippen LogP contribution in [0.3, 0.4) is 0 Å². The molecule has 0 aliphatic rings. The van der Waals surface area contributed by atoms with Crippen LogP contribution in [0.5, 0.6) is 0 Å². The zero-order chi connectivity index (χ0) is 16.8. The number of nitrogens with zero attached hydrogens (tertiary/aromatic N) is 2. The van der Waals surface area contributed by atoms with Crippen molar-refractivity contribution < 1.29 is 9.90 Å². The monoisotopic (exact) mass is 338 g/mol. The molecule has 4 nitrogen and oxygen atoms in total. The Bertz CT molecular complexity index is 787. The summed E-state index contributed by atoms with van der Waals surface area (Å²) in [5.74, 6) is -0.104. The summed E-state index contributed by atoms with van der Waals surface area (Å²) in [4.78, 5) is 19.4. The quantitative estimate of drug-likeness (QED) is 0.749. The lowest BCUT2D eigenvalue weighted by molar-refractivity contribution is 0.0712. The summed E-state index contributed by atoms with van der Waals surface area (Å²) in [6.45, 7) is 0.702. The van der Waals surface area contributed by atoms with E-state index in [1.165, 1.54) is 11.3 Å². The Morgan fingerprint density at radius 3 is 2.38 bits per heavy atom. The van der Waals surface area contributed by atoms with E-state index in [2.05, 4.69) is 4.98 Å². The normalized spacial score (nSPS) is 10.5. The average molecular weight is 338 g/mol. The van der Waals surface area contributed by atoms with Crippen molar-refractivity contribution in [2.75, 3.05) is 13.2 Å². The summed E-state index contributed by atoms with van der Waals surface area (Å²) in [5.41, 5.74) is 2.03. The van der Waals surface area contributed by atoms with Gasteiger partial charge in [-0.3, -0.25) is 4.79 Å². The molecule has 0 saturated heterocycles. The lowest BCUT2D eigenvalue weighted by Gasteiger charge is -2.21. The second kappa shape index (κ2) is 7.86. The topological polar surface area (TPSA) is 53.4 Å². The number of hydrogen-bond acceptors (Lipinski definition) is 4. The molecule has 1 heterocycles. The van der Waals surface area contributed by atoms with Gasteiger partial charge in [0.2, 0.25) is 0 Å². The molecule has 1 N–H and O–H groups in total. The summed E-state index contributed by atoms with van der Waals surface area (Å²) >= 11 is 1.37. The number of aliphatic hydroxyl groups excluding tert-OH is 1. The first-order valence-corrected chi connectivity index (χ1v) is 8.55. The first-order chi connectivity index (χ1) is 11.8. The van der Waals surface area contributed by atoms with Gasteiger partial charge in [0.25, 0.3) is 5.91 Å². The van der Waals surface area contributed by atoms with Gasteiger partial charge < -0.3 is 10.0 Å². The number of carbonyl (C=O) groups excluding carboxylic acids is 1. The smallest absolute Gasteiger partial charge is 0.265 e. The van der Waals surface area contributed by atoms with Gasteiger partial charge in [0, 0.05) is 18.7 Å². The highest BCUT2D eigenvalue weighted by molar-refractivity contribution is 7.16. The highest BCUT2D eigenvalue weighted by Gasteiger charge is 2.19. The summed E-state index contributed by atoms with van der Waals surface area (Å²) in [5, 5.41) is 10.1. The lowest BCUT2D eigenvalue weighted by atomic mass is 10.2. The summed E-state index contributed by atoms with van der Waals surface area (Å²) in [6.07, 6.45) is 1.62. The molecule has 0 saturated carbocycles. The highest BCUT2D eigenvalue weighted by Crippen LogP contribution is 2.26. The van der Waals surface area contributed by atoms with Crippen molar-refractivity contribution in [2.24, 2.45) is 0 Å². The number of benzene rings is 2. The predicted molar refractivity (Wildman–Crippen MR) is 95.8 cm³/mol. The van der Waals surface area contributed by atoms with Crippen LogP contribution < -0.4 is 0 Å². The summed E-state index contributed by atoms with van der Waals surface area (Å²) < 4.78 is 0. The second-order valence-corrected chi connectivity index (χ2v) is 6.36. The molecule has 0 bridgehead atoms. The van der Waals surface area contributed by atoms with Crippen molar-refractivity contribution in [1.29, 1.82) is 0 Å². The van der Waals surface area contributed by atoms with E-state index in [1.54, 1.807) is 11.1 Å². The SMILES string of the molecule is O=C(c1cnc(-c2ccccc2)s1)N(CCO)Cc1ccccc1. The van der Waals surface area contributed by atoms with Crippen molar-refractivity contribution in [3.05, 3.63) is 77.3 Å². The Morgan fingerprint density at radius 2 is 1.71 bits per heavy atom. The van der Waals surface area contributed by atoms with E-state index in [-0.39, 0.29) is 12.5 Å². The predicted octanol–water partition coefficient (Wildman–Crippen LogP) is 3.44. The molecular formula is C19H18N2O2S. The zero-order valence-electron chi connectivity index (χ0n) is 13.1. The van der Waals surface area contributed by atoms with Crippen LogP contribution in [0.25, 0.3) is 10.6 Å². The van der Waals surface area contributed by atoms with Gasteiger partial charge in [-0.25, -0.2) is 4.98 Å². The van der Waals surface area contributed by atoms with Gasteiger partial charge in [-0.1, -0.05) is 60.7 Å². The van der Waals surface area contributed by atoms with E-state index >= 15 is 0 Å². The minimum absolute atomic E-state index is 0.0665. The number of hydrogen-bond donors (Lipinski definition) is 1. The van der Waals surface area contributed by atoms with Crippen molar-refractivity contribution in [2.45, 2.75) is 6.54 Å². The van der Waals surface area contributed by atoms with Crippen LogP contribution in [0.1, 0.15) is 15.2 Å². The minimum atomic E-state index is -0.104. The maximum Gasteiger partial charge on any atom is 0.265 e. The Morgan fingerprint density at radius 1 is 1.04 bits per heavy atom. The van der Waals surface area contributed by atoms with E-state index in [9.17, 15) is 9.90 Å². The maximum atomic E-state index is 12.8. The number of aromatic nitrogens is 1. The number of thiazole rings is 1. The molecule has 0 aliphatic heterocycles. The third-order valence-electron chi connectivity index (χ3n) is 3.61. The molecule has 0 unspecified atom stereocenters. The van der Waals surface area contributed by atoms with E-state index in [1.807, 2.05) is 60.7 Å². The Kier molecular flexibility index (Phi) is 5.36. The first kappa shape index (κ1) is 16.4. The number of aliphatic hydroxyl groups is 1. The zero-order valence-corrected chi connectivity index (χ0v) is 13.9. The van der Waals surface area contributed by atoms with Gasteiger partial charge in [0.1, 0.15) is 9.88 Å². The fraction of sp³-hybridized carbons (Fsp3) is 0.158. The summed E-state index contributed by atoms with van der Waals surface area (Å²) in [7, 11) is 0. The molecule has 0 aliphatic carbocycles. The van der Waals surface area contributed by atoms with Gasteiger partial charge in [-0.15, -0.1) is 11.3 Å². The van der Waals surface area contributed by atoms with Crippen molar-refractivity contribution >= 4 is 17.2 Å². The van der Waals surface area contributed by atoms with Crippen LogP contribution in [0.15, 0.2) is 66.9 Å². The first-order valence-electron chi connectivity index (χ1n) is 7.73. The molecule has 0 radical (unpaired) electrons. The maximum absolute atomic E-state index is 12.8. The third-order valence-corrected chi connectivity index (χ3v) is 4.65. The van der Waals surface area contributed by atoms with Crippen molar-refractivity contribution in [3.63, 3.8) is 0 Å². The van der Waals surface area contributed by atoms with Crippen LogP contribution in [0.4, 0.5) is 0 Å². The van der Waals surface area contributed by atoms with Crippen LogP contribution in [-0.4, -0.2) is 34.0 Å². The fourth-order valence-corrected chi connectivity index (χ4v) is 3.31. The molecule has 3 aromatic rings. The fourth-order valence-electron chi connectivity index (χ4n) is 2.42. The minimum Gasteiger partial charge on any atom is -0.395 e. The van der Waals surface area contributed by atoms with E-state index in [4.69, 9.17) is 0 Å². The molecule has 122 valence electrons. The molecule has 2 aromatic carbocycles. The van der Waals surface area contributed by atoms with E-state index < -0.39 is 0 Å². The van der Waals surface area contributed by atoms with Gasteiger partial charge in [-0.2, -0.15) is 0 Å². The van der Waals surface area contributed by atoms with Crippen LogP contribution >= 0.6 is 11.3 Å². The Labute approximate surface area is 145 Å². The largest absolute Gasteiger partial charge is 0.395 e. The number of carbonyl (C=O) groups is 1. The molecule has 5 heteroatoms. The lowest BCUT2D eigenvalue weighted by Crippen LogP contribution is -2.32. The highest BCUT2D eigenvalue weighted by atomic mass is 32.1. The Balaban J connectivity index is 1.79. The molecule has 1 amide bonds. The summed E-state index contributed by atoms with van der Waals surface area (Å²) in [6, 6.07) is 19.6. The number of amides is 1. The molecule has 0 fully saturated rings. The number of rotatable bonds is 6. The van der Waals surface area contributed by atoms with Crippen molar-refractivity contribution in [3.8, 4) is 10.6 Å². The van der Waals surface area contributed by atoms with Crippen LogP contribution in [-0.2, 0) is 6.54 Å². The second-order valence-electron chi connectivity index (χ2n) is 5.33. The molecule has 3 rings (SSSR count). The van der Waals surface area contributed by atoms with E-state index in [0.717, 1.165) is 16.1 Å². The third kappa shape index (κ3) is 3.88. The molecule has 0 spiro atoms. The molecule has 0 atom stereocenters. The van der Waals surface area contributed by atoms with Crippen LogP contribution in [0, 0.1) is 0 Å². The van der Waals surface area contributed by atoms with Gasteiger partial charge in [0.15, 0.2) is 0 Å². The Hall–Kier alpha value is -2.50. The molecular weight excluding hydrogens is 320 g/mol. The van der Waals surface area contributed by atoms with Crippen molar-refractivity contribution in [1.82, 2.24) is 9.88 Å². The van der Waals surface area contributed by atoms with Gasteiger partial charge in [0.05, 0.1) is 12.8 Å². The molecule has 1 aromatic heterocycles. The average Bonchev–Trinajstić information content (AvgIpc) is 3.12. The van der Waals surface area contributed by atoms with Gasteiger partial charge in [-0.05, 0) is 5.56 Å². The molecule has 24 heavy (non-hydrogen) atoms. The van der Waals surface area contributed by atoms with Gasteiger partial charge >= 0.3 is 0 Å². The van der Waals surface area contributed by atoms with E-state index in [0.29, 0.717) is 18.0 Å².